The van der Waals surface area contributed by atoms with Crippen molar-refractivity contribution in [3.05, 3.63) is 62.7 Å². The van der Waals surface area contributed by atoms with Crippen molar-refractivity contribution in [1.29, 1.82) is 0 Å². The van der Waals surface area contributed by atoms with E-state index < -0.39 is 6.10 Å². The van der Waals surface area contributed by atoms with Crippen LogP contribution in [0.4, 0.5) is 5.69 Å². The minimum absolute atomic E-state index is 0.428. The van der Waals surface area contributed by atoms with E-state index in [1.807, 2.05) is 0 Å². The fourth-order valence-corrected chi connectivity index (χ4v) is 3.33. The summed E-state index contributed by atoms with van der Waals surface area (Å²) in [5.74, 6) is 0. The smallest absolute Gasteiger partial charge is 0.0830 e. The quantitative estimate of drug-likeness (QED) is 0.799. The first-order valence-corrected chi connectivity index (χ1v) is 8.48. The third kappa shape index (κ3) is 3.40. The summed E-state index contributed by atoms with van der Waals surface area (Å²) < 4.78 is 1.22. The Balaban J connectivity index is 1.78. The number of halogens is 1. The molecule has 0 aliphatic carbocycles. The van der Waals surface area contributed by atoms with Gasteiger partial charge >= 0.3 is 0 Å². The van der Waals surface area contributed by atoms with Gasteiger partial charge in [-0.1, -0.05) is 24.3 Å². The van der Waals surface area contributed by atoms with E-state index in [1.165, 1.54) is 26.8 Å². The minimum Gasteiger partial charge on any atom is -0.388 e. The highest BCUT2D eigenvalue weighted by Gasteiger charge is 2.16. The molecule has 1 atom stereocenters. The molecular formula is C18H20INO. The maximum atomic E-state index is 10.5. The Morgan fingerprint density at radius 1 is 1.19 bits per heavy atom. The zero-order valence-corrected chi connectivity index (χ0v) is 14.4. The predicted octanol–water partition coefficient (Wildman–Crippen LogP) is 3.95. The molecule has 2 aromatic rings. The molecule has 0 bridgehead atoms. The van der Waals surface area contributed by atoms with Crippen LogP contribution in [0.2, 0.25) is 0 Å². The standard InChI is InChI=1S/C18H20INO/c1-20-10-2-3-14-12-15(6-9-17(14)20)18(21)11-13-4-7-16(19)8-5-13/h4-9,12,18,21H,2-3,10-11H2,1H3. The molecule has 21 heavy (non-hydrogen) atoms. The zero-order valence-electron chi connectivity index (χ0n) is 12.2. The number of hydrogen-bond acceptors (Lipinski definition) is 2. The normalized spacial score (nSPS) is 15.7. The molecule has 1 unspecified atom stereocenters. The molecule has 0 radical (unpaired) electrons. The van der Waals surface area contributed by atoms with Gasteiger partial charge in [-0.25, -0.2) is 0 Å². The summed E-state index contributed by atoms with van der Waals surface area (Å²) in [6.07, 6.45) is 2.55. The summed E-state index contributed by atoms with van der Waals surface area (Å²) in [5.41, 5.74) is 4.88. The van der Waals surface area contributed by atoms with E-state index in [-0.39, 0.29) is 0 Å². The third-order valence-corrected chi connectivity index (χ3v) is 4.90. The van der Waals surface area contributed by atoms with Crippen molar-refractivity contribution in [3.63, 3.8) is 0 Å². The van der Waals surface area contributed by atoms with E-state index in [0.29, 0.717) is 6.42 Å². The Bertz CT molecular complexity index is 624. The van der Waals surface area contributed by atoms with Crippen molar-refractivity contribution >= 4 is 28.3 Å². The van der Waals surface area contributed by atoms with Crippen LogP contribution < -0.4 is 4.90 Å². The third-order valence-electron chi connectivity index (χ3n) is 4.18. The van der Waals surface area contributed by atoms with E-state index in [9.17, 15) is 5.11 Å². The van der Waals surface area contributed by atoms with Crippen LogP contribution in [0.3, 0.4) is 0 Å². The van der Waals surface area contributed by atoms with Crippen LogP contribution in [0.25, 0.3) is 0 Å². The summed E-state index contributed by atoms with van der Waals surface area (Å²) in [6, 6.07) is 14.8. The largest absolute Gasteiger partial charge is 0.388 e. The summed E-state index contributed by atoms with van der Waals surface area (Å²) in [4.78, 5) is 2.30. The maximum Gasteiger partial charge on any atom is 0.0830 e. The van der Waals surface area contributed by atoms with Gasteiger partial charge in [0.25, 0.3) is 0 Å². The molecule has 3 rings (SSSR count). The summed E-state index contributed by atoms with van der Waals surface area (Å²) in [5, 5.41) is 10.5. The molecule has 2 nitrogen and oxygen atoms in total. The van der Waals surface area contributed by atoms with Gasteiger partial charge in [-0.15, -0.1) is 0 Å². The van der Waals surface area contributed by atoms with Gasteiger partial charge in [0.1, 0.15) is 0 Å². The molecule has 1 aliphatic rings. The summed E-state index contributed by atoms with van der Waals surface area (Å²) >= 11 is 2.30. The van der Waals surface area contributed by atoms with Crippen LogP contribution in [0, 0.1) is 3.57 Å². The fourth-order valence-electron chi connectivity index (χ4n) is 2.97. The highest BCUT2D eigenvalue weighted by atomic mass is 127. The van der Waals surface area contributed by atoms with E-state index >= 15 is 0 Å². The Labute approximate surface area is 139 Å². The zero-order chi connectivity index (χ0) is 14.8. The Hall–Kier alpha value is -1.07. The second-order valence-electron chi connectivity index (χ2n) is 5.76. The number of fused-ring (bicyclic) bond motifs is 1. The Kier molecular flexibility index (Phi) is 4.50. The second-order valence-corrected chi connectivity index (χ2v) is 7.01. The monoisotopic (exact) mass is 393 g/mol. The number of aliphatic hydroxyl groups excluding tert-OH is 1. The first-order valence-electron chi connectivity index (χ1n) is 7.40. The molecule has 1 N–H and O–H groups in total. The van der Waals surface area contributed by atoms with Gasteiger partial charge in [0.05, 0.1) is 6.10 Å². The van der Waals surface area contributed by atoms with Gasteiger partial charge in [0.15, 0.2) is 0 Å². The number of benzene rings is 2. The number of rotatable bonds is 3. The van der Waals surface area contributed by atoms with Gasteiger partial charge in [0, 0.05) is 29.3 Å². The number of hydrogen-bond donors (Lipinski definition) is 1. The molecule has 0 fully saturated rings. The van der Waals surface area contributed by atoms with Crippen molar-refractivity contribution in [3.8, 4) is 0 Å². The van der Waals surface area contributed by atoms with Crippen LogP contribution in [0.15, 0.2) is 42.5 Å². The SMILES string of the molecule is CN1CCCc2cc(C(O)Cc3ccc(I)cc3)ccc21. The van der Waals surface area contributed by atoms with Crippen LogP contribution >= 0.6 is 22.6 Å². The van der Waals surface area contributed by atoms with Gasteiger partial charge in [-0.3, -0.25) is 0 Å². The van der Waals surface area contributed by atoms with E-state index in [2.05, 4.69) is 77.0 Å². The second kappa shape index (κ2) is 6.36. The van der Waals surface area contributed by atoms with E-state index in [0.717, 1.165) is 18.5 Å². The molecule has 0 spiro atoms. The lowest BCUT2D eigenvalue weighted by atomic mass is 9.95. The summed E-state index contributed by atoms with van der Waals surface area (Å²) in [7, 11) is 2.14. The van der Waals surface area contributed by atoms with Crippen LogP contribution in [-0.2, 0) is 12.8 Å². The molecule has 2 aromatic carbocycles. The summed E-state index contributed by atoms with van der Waals surface area (Å²) in [6.45, 7) is 1.12. The highest BCUT2D eigenvalue weighted by molar-refractivity contribution is 14.1. The first kappa shape index (κ1) is 14.9. The molecule has 110 valence electrons. The Morgan fingerprint density at radius 3 is 2.71 bits per heavy atom. The van der Waals surface area contributed by atoms with Crippen LogP contribution in [0.5, 0.6) is 0 Å². The number of aryl methyl sites for hydroxylation is 1. The Morgan fingerprint density at radius 2 is 1.95 bits per heavy atom. The van der Waals surface area contributed by atoms with Crippen molar-refractivity contribution in [1.82, 2.24) is 0 Å². The molecule has 0 saturated heterocycles. The highest BCUT2D eigenvalue weighted by Crippen LogP contribution is 2.29. The van der Waals surface area contributed by atoms with Crippen molar-refractivity contribution in [2.75, 3.05) is 18.5 Å². The fraction of sp³-hybridized carbons (Fsp3) is 0.333. The van der Waals surface area contributed by atoms with E-state index in [1.54, 1.807) is 0 Å². The van der Waals surface area contributed by atoms with Gasteiger partial charge in [-0.05, 0) is 70.3 Å². The molecule has 0 aromatic heterocycles. The topological polar surface area (TPSA) is 23.5 Å². The van der Waals surface area contributed by atoms with Crippen LogP contribution in [-0.4, -0.2) is 18.7 Å². The van der Waals surface area contributed by atoms with E-state index in [4.69, 9.17) is 0 Å². The molecule has 1 heterocycles. The molecule has 0 saturated carbocycles. The lowest BCUT2D eigenvalue weighted by molar-refractivity contribution is 0.178. The first-order chi connectivity index (χ1) is 10.1. The lowest BCUT2D eigenvalue weighted by Gasteiger charge is -2.28. The maximum absolute atomic E-state index is 10.5. The molecule has 0 amide bonds. The molecule has 1 aliphatic heterocycles. The average Bonchev–Trinajstić information content (AvgIpc) is 2.49. The number of anilines is 1. The minimum atomic E-state index is -0.428. The van der Waals surface area contributed by atoms with Gasteiger partial charge in [-0.2, -0.15) is 0 Å². The van der Waals surface area contributed by atoms with Gasteiger partial charge in [0.2, 0.25) is 0 Å². The van der Waals surface area contributed by atoms with Gasteiger partial charge < -0.3 is 10.0 Å². The molecular weight excluding hydrogens is 373 g/mol. The van der Waals surface area contributed by atoms with Crippen molar-refractivity contribution < 1.29 is 5.11 Å². The van der Waals surface area contributed by atoms with Crippen LogP contribution in [0.1, 0.15) is 29.2 Å². The van der Waals surface area contributed by atoms with Crippen molar-refractivity contribution in [2.24, 2.45) is 0 Å². The lowest BCUT2D eigenvalue weighted by Crippen LogP contribution is -2.24. The average molecular weight is 393 g/mol. The predicted molar refractivity (Wildman–Crippen MR) is 95.9 cm³/mol. The number of aliphatic hydroxyl groups is 1. The number of nitrogens with zero attached hydrogens (tertiary/aromatic N) is 1. The van der Waals surface area contributed by atoms with Crippen molar-refractivity contribution in [2.45, 2.75) is 25.4 Å². The molecule has 3 heteroatoms.